The number of ether oxygens (including phenoxy) is 1. The average Bonchev–Trinajstić information content (AvgIpc) is 1.76. The Kier molecular flexibility index (Phi) is 4.44. The van der Waals surface area contributed by atoms with Gasteiger partial charge in [0.05, 0.1) is 35.8 Å². The van der Waals surface area contributed by atoms with E-state index in [1.54, 1.807) is 0 Å². The smallest absolute Gasteiger partial charge is 0.102 e. The SMILES string of the molecule is C[N+](C)(C)CCOC[Si](C)(C)C. The van der Waals surface area contributed by atoms with Crippen molar-refractivity contribution in [2.24, 2.45) is 0 Å². The number of quaternary nitrogens is 1. The molecule has 0 aliphatic rings. The van der Waals surface area contributed by atoms with Gasteiger partial charge in [-0.1, -0.05) is 19.6 Å². The van der Waals surface area contributed by atoms with Crippen molar-refractivity contribution in [3.05, 3.63) is 0 Å². The van der Waals surface area contributed by atoms with Crippen molar-refractivity contribution in [2.45, 2.75) is 19.6 Å². The minimum absolute atomic E-state index is 0.897. The molecule has 0 aromatic heterocycles. The summed E-state index contributed by atoms with van der Waals surface area (Å²) >= 11 is 0. The molecule has 0 radical (unpaired) electrons. The molecule has 2 nitrogen and oxygen atoms in total. The lowest BCUT2D eigenvalue weighted by Crippen LogP contribution is -2.39. The number of likely N-dealkylation sites (N-methyl/N-ethyl adjacent to an activating group) is 1. The highest BCUT2D eigenvalue weighted by molar-refractivity contribution is 6.76. The number of rotatable bonds is 5. The van der Waals surface area contributed by atoms with Gasteiger partial charge in [0.15, 0.2) is 0 Å². The summed E-state index contributed by atoms with van der Waals surface area (Å²) in [6.07, 6.45) is 0.993. The fourth-order valence-corrected chi connectivity index (χ4v) is 1.47. The van der Waals surface area contributed by atoms with Crippen LogP contribution in [-0.4, -0.2) is 53.1 Å². The first-order valence-electron chi connectivity index (χ1n) is 4.59. The molecule has 0 aromatic carbocycles. The van der Waals surface area contributed by atoms with E-state index in [2.05, 4.69) is 40.8 Å². The standard InChI is InChI=1S/C9H24NOSi/c1-10(2,3)7-8-11-9-12(4,5)6/h7-9H2,1-6H3/q+1. The van der Waals surface area contributed by atoms with Crippen LogP contribution in [-0.2, 0) is 4.74 Å². The number of nitrogens with zero attached hydrogens (tertiary/aromatic N) is 1. The first-order valence-corrected chi connectivity index (χ1v) is 8.30. The van der Waals surface area contributed by atoms with Crippen molar-refractivity contribution in [1.82, 2.24) is 0 Å². The monoisotopic (exact) mass is 190 g/mol. The van der Waals surface area contributed by atoms with E-state index in [0.29, 0.717) is 0 Å². The molecular weight excluding hydrogens is 166 g/mol. The highest BCUT2D eigenvalue weighted by Crippen LogP contribution is 2.00. The van der Waals surface area contributed by atoms with Crippen LogP contribution in [0.3, 0.4) is 0 Å². The van der Waals surface area contributed by atoms with E-state index in [4.69, 9.17) is 4.74 Å². The van der Waals surface area contributed by atoms with E-state index in [9.17, 15) is 0 Å². The fourth-order valence-electron chi connectivity index (χ4n) is 0.717. The van der Waals surface area contributed by atoms with E-state index >= 15 is 0 Å². The second-order valence-electron chi connectivity index (χ2n) is 5.63. The second kappa shape index (κ2) is 4.39. The second-order valence-corrected chi connectivity index (χ2v) is 11.0. The third-order valence-electron chi connectivity index (χ3n) is 1.44. The number of hydrogen-bond acceptors (Lipinski definition) is 1. The molecular formula is C9H24NOSi+. The van der Waals surface area contributed by atoms with Gasteiger partial charge in [-0.05, 0) is 0 Å². The molecule has 3 heteroatoms. The van der Waals surface area contributed by atoms with E-state index in [1.165, 1.54) is 0 Å². The molecule has 0 aliphatic carbocycles. The van der Waals surface area contributed by atoms with Crippen LogP contribution in [0, 0.1) is 0 Å². The van der Waals surface area contributed by atoms with Crippen LogP contribution in [0.15, 0.2) is 0 Å². The third-order valence-corrected chi connectivity index (χ3v) is 2.51. The van der Waals surface area contributed by atoms with E-state index < -0.39 is 8.07 Å². The summed E-state index contributed by atoms with van der Waals surface area (Å²) in [7, 11) is 5.59. The van der Waals surface area contributed by atoms with Crippen LogP contribution in [0.2, 0.25) is 19.6 Å². The molecule has 0 aliphatic heterocycles. The van der Waals surface area contributed by atoms with E-state index in [0.717, 1.165) is 23.9 Å². The maximum atomic E-state index is 5.62. The minimum Gasteiger partial charge on any atom is -0.379 e. The van der Waals surface area contributed by atoms with Crippen LogP contribution >= 0.6 is 0 Å². The zero-order valence-electron chi connectivity index (χ0n) is 9.48. The van der Waals surface area contributed by atoms with E-state index in [-0.39, 0.29) is 0 Å². The lowest BCUT2D eigenvalue weighted by molar-refractivity contribution is -0.870. The van der Waals surface area contributed by atoms with Gasteiger partial charge in [0.1, 0.15) is 6.54 Å². The lowest BCUT2D eigenvalue weighted by Gasteiger charge is -2.24. The Balaban J connectivity index is 3.35. The normalized spacial score (nSPS) is 13.5. The molecule has 0 unspecified atom stereocenters. The van der Waals surface area contributed by atoms with Crippen molar-refractivity contribution in [2.75, 3.05) is 40.5 Å². The minimum atomic E-state index is -0.983. The molecule has 0 saturated carbocycles. The Morgan fingerprint density at radius 3 is 1.92 bits per heavy atom. The first-order chi connectivity index (χ1) is 5.21. The molecule has 0 rings (SSSR count). The number of hydrogen-bond donors (Lipinski definition) is 0. The molecule has 74 valence electrons. The van der Waals surface area contributed by atoms with Gasteiger partial charge in [-0.3, -0.25) is 0 Å². The van der Waals surface area contributed by atoms with E-state index in [1.807, 2.05) is 0 Å². The van der Waals surface area contributed by atoms with Gasteiger partial charge >= 0.3 is 0 Å². The Labute approximate surface area is 78.1 Å². The van der Waals surface area contributed by atoms with Crippen LogP contribution < -0.4 is 0 Å². The molecule has 0 bridgehead atoms. The molecule has 0 aromatic rings. The molecule has 0 fully saturated rings. The quantitative estimate of drug-likeness (QED) is 0.363. The molecule has 0 N–H and O–H groups in total. The topological polar surface area (TPSA) is 9.23 Å². The summed E-state index contributed by atoms with van der Waals surface area (Å²) < 4.78 is 6.61. The van der Waals surface area contributed by atoms with Crippen molar-refractivity contribution < 1.29 is 9.22 Å². The van der Waals surface area contributed by atoms with Crippen LogP contribution in [0.25, 0.3) is 0 Å². The van der Waals surface area contributed by atoms with Crippen LogP contribution in [0.4, 0.5) is 0 Å². The summed E-state index contributed by atoms with van der Waals surface area (Å²) in [4.78, 5) is 0. The Morgan fingerprint density at radius 1 is 1.08 bits per heavy atom. The molecule has 12 heavy (non-hydrogen) atoms. The van der Waals surface area contributed by atoms with Gasteiger partial charge in [0, 0.05) is 6.23 Å². The molecule has 0 heterocycles. The summed E-state index contributed by atoms with van der Waals surface area (Å²) in [5, 5.41) is 0. The third kappa shape index (κ3) is 10.1. The molecule has 0 atom stereocenters. The summed E-state index contributed by atoms with van der Waals surface area (Å²) in [5.74, 6) is 0. The Hall–Kier alpha value is 0.137. The first kappa shape index (κ1) is 12.1. The van der Waals surface area contributed by atoms with Gasteiger partial charge in [0.2, 0.25) is 0 Å². The molecule has 0 spiro atoms. The highest BCUT2D eigenvalue weighted by atomic mass is 28.3. The zero-order chi connectivity index (χ0) is 9.83. The predicted octanol–water partition coefficient (Wildman–Crippen LogP) is 1.59. The summed E-state index contributed by atoms with van der Waals surface area (Å²) in [5.41, 5.74) is 0. The lowest BCUT2D eigenvalue weighted by atomic mass is 10.5. The van der Waals surface area contributed by atoms with Gasteiger partial charge in [-0.15, -0.1) is 0 Å². The predicted molar refractivity (Wildman–Crippen MR) is 57.1 cm³/mol. The van der Waals surface area contributed by atoms with Gasteiger partial charge in [-0.25, -0.2) is 0 Å². The average molecular weight is 190 g/mol. The van der Waals surface area contributed by atoms with Gasteiger partial charge in [-0.2, -0.15) is 0 Å². The van der Waals surface area contributed by atoms with Crippen molar-refractivity contribution in [3.63, 3.8) is 0 Å². The van der Waals surface area contributed by atoms with Crippen LogP contribution in [0.5, 0.6) is 0 Å². The molecule has 0 amide bonds. The zero-order valence-corrected chi connectivity index (χ0v) is 10.5. The fraction of sp³-hybridized carbons (Fsp3) is 1.00. The largest absolute Gasteiger partial charge is 0.379 e. The highest BCUT2D eigenvalue weighted by Gasteiger charge is 2.14. The van der Waals surface area contributed by atoms with Crippen molar-refractivity contribution in [3.8, 4) is 0 Å². The maximum Gasteiger partial charge on any atom is 0.102 e. The Bertz CT molecular complexity index is 107. The Morgan fingerprint density at radius 2 is 1.58 bits per heavy atom. The van der Waals surface area contributed by atoms with Crippen molar-refractivity contribution in [1.29, 1.82) is 0 Å². The van der Waals surface area contributed by atoms with Crippen LogP contribution in [0.1, 0.15) is 0 Å². The van der Waals surface area contributed by atoms with Gasteiger partial charge in [0.25, 0.3) is 0 Å². The summed E-state index contributed by atoms with van der Waals surface area (Å²) in [6.45, 7) is 9.00. The maximum absolute atomic E-state index is 5.62. The van der Waals surface area contributed by atoms with Gasteiger partial charge < -0.3 is 9.22 Å². The summed E-state index contributed by atoms with van der Waals surface area (Å²) in [6, 6.07) is 0. The van der Waals surface area contributed by atoms with Crippen molar-refractivity contribution >= 4 is 8.07 Å². The molecule has 0 saturated heterocycles.